The highest BCUT2D eigenvalue weighted by molar-refractivity contribution is 5.78. The molecule has 0 spiro atoms. The summed E-state index contributed by atoms with van der Waals surface area (Å²) in [5.41, 5.74) is 0. The molecule has 3 heteroatoms. The van der Waals surface area contributed by atoms with Crippen LogP contribution < -0.4 is 0 Å². The maximum Gasteiger partial charge on any atom is 0.222 e. The fourth-order valence-corrected chi connectivity index (χ4v) is 1.59. The summed E-state index contributed by atoms with van der Waals surface area (Å²) >= 11 is 0. The lowest BCUT2D eigenvalue weighted by Crippen LogP contribution is -2.20. The zero-order valence-electron chi connectivity index (χ0n) is 8.21. The van der Waals surface area contributed by atoms with Crippen LogP contribution in [0.25, 0.3) is 0 Å². The topological polar surface area (TPSA) is 23.6 Å². The van der Waals surface area contributed by atoms with Crippen molar-refractivity contribution in [1.82, 2.24) is 9.80 Å². The Morgan fingerprint density at radius 2 is 2.25 bits per heavy atom. The Bertz CT molecular complexity index is 168. The molecule has 3 nitrogen and oxygen atoms in total. The van der Waals surface area contributed by atoms with Crippen LogP contribution in [0.2, 0.25) is 0 Å². The fourth-order valence-electron chi connectivity index (χ4n) is 1.59. The van der Waals surface area contributed by atoms with Gasteiger partial charge in [-0.1, -0.05) is 0 Å². The second-order valence-electron chi connectivity index (χ2n) is 3.94. The summed E-state index contributed by atoms with van der Waals surface area (Å²) in [7, 11) is 6.03. The number of hydrogen-bond donors (Lipinski definition) is 0. The summed E-state index contributed by atoms with van der Waals surface area (Å²) < 4.78 is 0. The minimum absolute atomic E-state index is 0.304. The molecule has 0 aliphatic carbocycles. The van der Waals surface area contributed by atoms with Gasteiger partial charge in [0, 0.05) is 20.0 Å². The molecule has 0 bridgehead atoms. The molecule has 1 aliphatic heterocycles. The van der Waals surface area contributed by atoms with Crippen molar-refractivity contribution in [3.8, 4) is 0 Å². The number of amides is 1. The van der Waals surface area contributed by atoms with Crippen molar-refractivity contribution in [2.24, 2.45) is 5.92 Å². The van der Waals surface area contributed by atoms with Gasteiger partial charge < -0.3 is 9.80 Å². The third-order valence-corrected chi connectivity index (χ3v) is 2.41. The third-order valence-electron chi connectivity index (χ3n) is 2.41. The number of hydrogen-bond acceptors (Lipinski definition) is 2. The van der Waals surface area contributed by atoms with Gasteiger partial charge in [-0.2, -0.15) is 0 Å². The molecular formula is C9H18N2O. The summed E-state index contributed by atoms with van der Waals surface area (Å²) in [6, 6.07) is 0. The third kappa shape index (κ3) is 2.48. The molecule has 1 unspecified atom stereocenters. The van der Waals surface area contributed by atoms with Crippen LogP contribution in [-0.2, 0) is 4.79 Å². The second-order valence-corrected chi connectivity index (χ2v) is 3.94. The smallest absolute Gasteiger partial charge is 0.222 e. The van der Waals surface area contributed by atoms with Gasteiger partial charge in [0.25, 0.3) is 0 Å². The van der Waals surface area contributed by atoms with E-state index in [-0.39, 0.29) is 0 Å². The monoisotopic (exact) mass is 170 g/mol. The zero-order valence-corrected chi connectivity index (χ0v) is 8.21. The van der Waals surface area contributed by atoms with Crippen molar-refractivity contribution in [1.29, 1.82) is 0 Å². The first-order chi connectivity index (χ1) is 5.59. The molecule has 0 aromatic carbocycles. The molecule has 0 aromatic rings. The number of nitrogens with zero attached hydrogens (tertiary/aromatic N) is 2. The fraction of sp³-hybridized carbons (Fsp3) is 0.889. The van der Waals surface area contributed by atoms with Crippen LogP contribution in [0, 0.1) is 5.92 Å². The van der Waals surface area contributed by atoms with Crippen molar-refractivity contribution in [2.45, 2.75) is 12.8 Å². The summed E-state index contributed by atoms with van der Waals surface area (Å²) in [6.45, 7) is 2.04. The van der Waals surface area contributed by atoms with Gasteiger partial charge in [-0.3, -0.25) is 4.79 Å². The Hall–Kier alpha value is -0.570. The van der Waals surface area contributed by atoms with E-state index >= 15 is 0 Å². The van der Waals surface area contributed by atoms with E-state index in [4.69, 9.17) is 0 Å². The van der Waals surface area contributed by atoms with Gasteiger partial charge in [0.1, 0.15) is 0 Å². The van der Waals surface area contributed by atoms with Gasteiger partial charge in [0.15, 0.2) is 0 Å². The molecule has 1 saturated heterocycles. The number of carbonyl (C=O) groups is 1. The van der Waals surface area contributed by atoms with Crippen LogP contribution in [0.1, 0.15) is 12.8 Å². The summed E-state index contributed by atoms with van der Waals surface area (Å²) in [4.78, 5) is 15.1. The number of rotatable bonds is 3. The van der Waals surface area contributed by atoms with Crippen molar-refractivity contribution in [3.05, 3.63) is 0 Å². The zero-order chi connectivity index (χ0) is 9.14. The normalized spacial score (nSPS) is 24.2. The highest BCUT2D eigenvalue weighted by atomic mass is 16.2. The molecule has 0 radical (unpaired) electrons. The lowest BCUT2D eigenvalue weighted by atomic mass is 10.1. The molecule has 1 aliphatic rings. The van der Waals surface area contributed by atoms with E-state index in [0.717, 1.165) is 25.9 Å². The molecule has 0 saturated carbocycles. The van der Waals surface area contributed by atoms with Gasteiger partial charge in [0.05, 0.1) is 0 Å². The number of likely N-dealkylation sites (tertiary alicyclic amines) is 1. The van der Waals surface area contributed by atoms with Crippen molar-refractivity contribution in [3.63, 3.8) is 0 Å². The maximum absolute atomic E-state index is 11.1. The van der Waals surface area contributed by atoms with Gasteiger partial charge >= 0.3 is 0 Å². The molecule has 12 heavy (non-hydrogen) atoms. The molecular weight excluding hydrogens is 152 g/mol. The van der Waals surface area contributed by atoms with E-state index in [1.165, 1.54) is 0 Å². The van der Waals surface area contributed by atoms with Gasteiger partial charge in [-0.25, -0.2) is 0 Å². The molecule has 0 N–H and O–H groups in total. The van der Waals surface area contributed by atoms with E-state index < -0.39 is 0 Å². The predicted octanol–water partition coefficient (Wildman–Crippen LogP) is 0.416. The van der Waals surface area contributed by atoms with Gasteiger partial charge in [0.2, 0.25) is 5.91 Å². The Balaban J connectivity index is 2.23. The lowest BCUT2D eigenvalue weighted by Gasteiger charge is -2.13. The Labute approximate surface area is 74.3 Å². The van der Waals surface area contributed by atoms with Crippen LogP contribution in [0.3, 0.4) is 0 Å². The van der Waals surface area contributed by atoms with Crippen molar-refractivity contribution in [2.75, 3.05) is 34.2 Å². The van der Waals surface area contributed by atoms with Gasteiger partial charge in [-0.15, -0.1) is 0 Å². The van der Waals surface area contributed by atoms with E-state index in [1.807, 2.05) is 11.9 Å². The summed E-state index contributed by atoms with van der Waals surface area (Å²) in [6.07, 6.45) is 1.90. The van der Waals surface area contributed by atoms with E-state index in [2.05, 4.69) is 19.0 Å². The van der Waals surface area contributed by atoms with Crippen LogP contribution in [-0.4, -0.2) is 49.9 Å². The van der Waals surface area contributed by atoms with E-state index in [9.17, 15) is 4.79 Å². The average Bonchev–Trinajstić information content (AvgIpc) is 2.28. The maximum atomic E-state index is 11.1. The van der Waals surface area contributed by atoms with Crippen LogP contribution in [0.15, 0.2) is 0 Å². The second kappa shape index (κ2) is 3.90. The van der Waals surface area contributed by atoms with Crippen LogP contribution in [0.5, 0.6) is 0 Å². The molecule has 1 atom stereocenters. The highest BCUT2D eigenvalue weighted by Crippen LogP contribution is 2.18. The lowest BCUT2D eigenvalue weighted by molar-refractivity contribution is -0.126. The molecule has 1 fully saturated rings. The first-order valence-corrected chi connectivity index (χ1v) is 4.48. The molecule has 0 aromatic heterocycles. The standard InChI is InChI=1S/C9H18N2O/c1-10(2)5-4-8-6-9(12)11(3)7-8/h8H,4-7H2,1-3H3. The van der Waals surface area contributed by atoms with Crippen LogP contribution in [0.4, 0.5) is 0 Å². The molecule has 70 valence electrons. The average molecular weight is 170 g/mol. The Kier molecular flexibility index (Phi) is 3.09. The Morgan fingerprint density at radius 3 is 2.67 bits per heavy atom. The first kappa shape index (κ1) is 9.52. The molecule has 1 amide bonds. The van der Waals surface area contributed by atoms with Crippen molar-refractivity contribution >= 4 is 5.91 Å². The largest absolute Gasteiger partial charge is 0.345 e. The SMILES string of the molecule is CN(C)CCC1CC(=O)N(C)C1. The molecule has 1 heterocycles. The molecule has 1 rings (SSSR count). The first-order valence-electron chi connectivity index (χ1n) is 4.48. The van der Waals surface area contributed by atoms with Crippen LogP contribution >= 0.6 is 0 Å². The van der Waals surface area contributed by atoms with Gasteiger partial charge in [-0.05, 0) is 33.0 Å². The highest BCUT2D eigenvalue weighted by Gasteiger charge is 2.25. The Morgan fingerprint density at radius 1 is 1.58 bits per heavy atom. The number of carbonyl (C=O) groups excluding carboxylic acids is 1. The minimum Gasteiger partial charge on any atom is -0.345 e. The predicted molar refractivity (Wildman–Crippen MR) is 48.9 cm³/mol. The van der Waals surface area contributed by atoms with E-state index in [1.54, 1.807) is 0 Å². The van der Waals surface area contributed by atoms with E-state index in [0.29, 0.717) is 11.8 Å². The summed E-state index contributed by atoms with van der Waals surface area (Å²) in [5.74, 6) is 0.892. The quantitative estimate of drug-likeness (QED) is 0.612. The van der Waals surface area contributed by atoms with Crippen molar-refractivity contribution < 1.29 is 4.79 Å². The minimum atomic E-state index is 0.304. The summed E-state index contributed by atoms with van der Waals surface area (Å²) in [5, 5.41) is 0.